The maximum atomic E-state index is 11.6. The minimum Gasteiger partial charge on any atom is -0.487 e. The maximum absolute atomic E-state index is 11.6. The normalized spacial score (nSPS) is 21.3. The van der Waals surface area contributed by atoms with Crippen molar-refractivity contribution in [2.45, 2.75) is 37.8 Å². The second-order valence-electron chi connectivity index (χ2n) is 6.80. The minimum atomic E-state index is -0.243. The molecule has 0 saturated carbocycles. The molecular formula is C19H22N4O2. The Morgan fingerprint density at radius 2 is 1.92 bits per heavy atom. The molecule has 1 N–H and O–H groups in total. The van der Waals surface area contributed by atoms with Gasteiger partial charge in [-0.2, -0.15) is 0 Å². The van der Waals surface area contributed by atoms with Crippen molar-refractivity contribution in [3.8, 4) is 5.75 Å². The van der Waals surface area contributed by atoms with Gasteiger partial charge in [0.25, 0.3) is 0 Å². The molecule has 1 amide bonds. The van der Waals surface area contributed by atoms with Crippen molar-refractivity contribution in [2.24, 2.45) is 0 Å². The van der Waals surface area contributed by atoms with Crippen LogP contribution in [0.3, 0.4) is 0 Å². The van der Waals surface area contributed by atoms with E-state index in [4.69, 9.17) is 4.74 Å². The molecular weight excluding hydrogens is 316 g/mol. The van der Waals surface area contributed by atoms with Gasteiger partial charge >= 0.3 is 0 Å². The van der Waals surface area contributed by atoms with Crippen molar-refractivity contribution in [1.82, 2.24) is 14.9 Å². The number of para-hydroxylation sites is 1. The van der Waals surface area contributed by atoms with Crippen molar-refractivity contribution in [1.29, 1.82) is 0 Å². The minimum absolute atomic E-state index is 0.0937. The van der Waals surface area contributed by atoms with E-state index >= 15 is 0 Å². The number of anilines is 1. The molecule has 130 valence electrons. The van der Waals surface area contributed by atoms with Gasteiger partial charge in [-0.05, 0) is 12.1 Å². The van der Waals surface area contributed by atoms with Crippen LogP contribution in [0.1, 0.15) is 37.8 Å². The summed E-state index contributed by atoms with van der Waals surface area (Å²) in [6.07, 6.45) is 6.00. The predicted molar refractivity (Wildman–Crippen MR) is 94.3 cm³/mol. The number of benzene rings is 1. The molecule has 0 unspecified atom stereocenters. The van der Waals surface area contributed by atoms with Gasteiger partial charge in [-0.15, -0.1) is 0 Å². The number of carbonyl (C=O) groups is 1. The standard InChI is InChI=1S/C19H22N4O2/c1-14(24)23-11-7-19(8-12-23)13-16(22-18-20-9-4-10-21-18)15-5-2-3-6-17(15)25-19/h2-6,9-10,16H,7-8,11-13H2,1H3,(H,20,21,22)/t16-/m0/s1. The van der Waals surface area contributed by atoms with Gasteiger partial charge < -0.3 is 15.0 Å². The smallest absolute Gasteiger partial charge is 0.223 e. The quantitative estimate of drug-likeness (QED) is 0.912. The lowest BCUT2D eigenvalue weighted by molar-refractivity contribution is -0.132. The molecule has 1 atom stereocenters. The van der Waals surface area contributed by atoms with Crippen LogP contribution in [0.2, 0.25) is 0 Å². The van der Waals surface area contributed by atoms with Crippen LogP contribution in [-0.4, -0.2) is 39.5 Å². The number of rotatable bonds is 2. The van der Waals surface area contributed by atoms with Gasteiger partial charge in [0.2, 0.25) is 11.9 Å². The fourth-order valence-corrected chi connectivity index (χ4v) is 3.81. The largest absolute Gasteiger partial charge is 0.487 e. The average molecular weight is 338 g/mol. The molecule has 1 spiro atoms. The Kier molecular flexibility index (Phi) is 4.03. The van der Waals surface area contributed by atoms with Crippen LogP contribution < -0.4 is 10.1 Å². The maximum Gasteiger partial charge on any atom is 0.223 e. The second kappa shape index (κ2) is 6.35. The summed E-state index contributed by atoms with van der Waals surface area (Å²) < 4.78 is 6.44. The highest BCUT2D eigenvalue weighted by Crippen LogP contribution is 2.45. The summed E-state index contributed by atoms with van der Waals surface area (Å²) in [4.78, 5) is 22.1. The van der Waals surface area contributed by atoms with Crippen molar-refractivity contribution in [2.75, 3.05) is 18.4 Å². The van der Waals surface area contributed by atoms with E-state index in [0.717, 1.165) is 43.7 Å². The van der Waals surface area contributed by atoms with Crippen LogP contribution >= 0.6 is 0 Å². The van der Waals surface area contributed by atoms with E-state index in [-0.39, 0.29) is 17.6 Å². The number of nitrogens with zero attached hydrogens (tertiary/aromatic N) is 3. The highest BCUT2D eigenvalue weighted by molar-refractivity contribution is 5.73. The monoisotopic (exact) mass is 338 g/mol. The topological polar surface area (TPSA) is 67.4 Å². The van der Waals surface area contributed by atoms with Gasteiger partial charge in [0.15, 0.2) is 0 Å². The Morgan fingerprint density at radius 3 is 2.64 bits per heavy atom. The first-order valence-electron chi connectivity index (χ1n) is 8.72. The van der Waals surface area contributed by atoms with Gasteiger partial charge in [0.1, 0.15) is 11.4 Å². The molecule has 4 rings (SSSR count). The zero-order valence-electron chi connectivity index (χ0n) is 14.3. The molecule has 1 fully saturated rings. The van der Waals surface area contributed by atoms with Crippen molar-refractivity contribution < 1.29 is 9.53 Å². The van der Waals surface area contributed by atoms with Crippen molar-refractivity contribution in [3.63, 3.8) is 0 Å². The number of aromatic nitrogens is 2. The molecule has 1 saturated heterocycles. The average Bonchev–Trinajstić information content (AvgIpc) is 2.63. The van der Waals surface area contributed by atoms with Crippen molar-refractivity contribution in [3.05, 3.63) is 48.3 Å². The van der Waals surface area contributed by atoms with Gasteiger partial charge in [-0.3, -0.25) is 4.79 Å². The van der Waals surface area contributed by atoms with Crippen LogP contribution in [0.5, 0.6) is 5.75 Å². The first-order chi connectivity index (χ1) is 12.2. The molecule has 0 radical (unpaired) electrons. The Hall–Kier alpha value is -2.63. The number of nitrogens with one attached hydrogen (secondary N) is 1. The van der Waals surface area contributed by atoms with Crippen molar-refractivity contribution >= 4 is 11.9 Å². The number of fused-ring (bicyclic) bond motifs is 1. The number of carbonyl (C=O) groups excluding carboxylic acids is 1. The Bertz CT molecular complexity index is 757. The molecule has 1 aromatic carbocycles. The molecule has 2 aromatic rings. The number of amides is 1. The first kappa shape index (κ1) is 15.9. The molecule has 6 nitrogen and oxygen atoms in total. The fraction of sp³-hybridized carbons (Fsp3) is 0.421. The highest BCUT2D eigenvalue weighted by atomic mass is 16.5. The first-order valence-corrected chi connectivity index (χ1v) is 8.72. The third-order valence-electron chi connectivity index (χ3n) is 5.19. The summed E-state index contributed by atoms with van der Waals surface area (Å²) in [7, 11) is 0. The fourth-order valence-electron chi connectivity index (χ4n) is 3.81. The van der Waals surface area contributed by atoms with E-state index in [1.165, 1.54) is 0 Å². The van der Waals surface area contributed by atoms with Crippen LogP contribution in [0.4, 0.5) is 5.95 Å². The molecule has 6 heteroatoms. The Balaban J connectivity index is 1.60. The van der Waals surface area contributed by atoms with E-state index in [1.54, 1.807) is 19.3 Å². The van der Waals surface area contributed by atoms with Crippen LogP contribution in [0, 0.1) is 0 Å². The van der Waals surface area contributed by atoms with Gasteiger partial charge in [0, 0.05) is 57.2 Å². The predicted octanol–water partition coefficient (Wildman–Crippen LogP) is 2.79. The summed E-state index contributed by atoms with van der Waals surface area (Å²) in [6, 6.07) is 10.0. The molecule has 0 bridgehead atoms. The molecule has 25 heavy (non-hydrogen) atoms. The number of hydrogen-bond donors (Lipinski definition) is 1. The van der Waals surface area contributed by atoms with E-state index in [1.807, 2.05) is 29.2 Å². The van der Waals surface area contributed by atoms with Gasteiger partial charge in [-0.25, -0.2) is 9.97 Å². The van der Waals surface area contributed by atoms with E-state index in [2.05, 4.69) is 21.4 Å². The lowest BCUT2D eigenvalue weighted by atomic mass is 9.80. The lowest BCUT2D eigenvalue weighted by Gasteiger charge is -2.46. The Labute approximate surface area is 147 Å². The molecule has 1 aromatic heterocycles. The Morgan fingerprint density at radius 1 is 1.20 bits per heavy atom. The third kappa shape index (κ3) is 3.16. The highest BCUT2D eigenvalue weighted by Gasteiger charge is 2.43. The number of ether oxygens (including phenoxy) is 1. The molecule has 2 aliphatic heterocycles. The lowest BCUT2D eigenvalue weighted by Crippen LogP contribution is -2.52. The summed E-state index contributed by atoms with van der Waals surface area (Å²) in [5.41, 5.74) is 0.891. The van der Waals surface area contributed by atoms with Gasteiger partial charge in [-0.1, -0.05) is 18.2 Å². The van der Waals surface area contributed by atoms with E-state index in [0.29, 0.717) is 5.95 Å². The summed E-state index contributed by atoms with van der Waals surface area (Å²) in [6.45, 7) is 3.12. The van der Waals surface area contributed by atoms with Crippen LogP contribution in [0.25, 0.3) is 0 Å². The number of likely N-dealkylation sites (tertiary alicyclic amines) is 1. The zero-order valence-corrected chi connectivity index (χ0v) is 14.3. The number of hydrogen-bond acceptors (Lipinski definition) is 5. The van der Waals surface area contributed by atoms with Gasteiger partial charge in [0.05, 0.1) is 6.04 Å². The van der Waals surface area contributed by atoms with Crippen LogP contribution in [-0.2, 0) is 4.79 Å². The van der Waals surface area contributed by atoms with E-state index < -0.39 is 0 Å². The van der Waals surface area contributed by atoms with Crippen LogP contribution in [0.15, 0.2) is 42.7 Å². The molecule has 0 aliphatic carbocycles. The second-order valence-corrected chi connectivity index (χ2v) is 6.80. The summed E-state index contributed by atoms with van der Waals surface area (Å²) in [5.74, 6) is 1.68. The number of piperidine rings is 1. The third-order valence-corrected chi connectivity index (χ3v) is 5.19. The molecule has 3 heterocycles. The SMILES string of the molecule is CC(=O)N1CCC2(CC1)C[C@H](Nc1ncccn1)c1ccccc1O2. The molecule has 2 aliphatic rings. The zero-order chi connectivity index (χ0) is 17.3. The summed E-state index contributed by atoms with van der Waals surface area (Å²) in [5, 5.41) is 3.46. The van der Waals surface area contributed by atoms with E-state index in [9.17, 15) is 4.79 Å². The summed E-state index contributed by atoms with van der Waals surface area (Å²) >= 11 is 0.